The highest BCUT2D eigenvalue weighted by molar-refractivity contribution is 6.46. The number of nitrogens with zero attached hydrogens (tertiary/aromatic N) is 3. The normalized spacial score (nSPS) is 18.3. The standard InChI is InChI=1S/C23H27N3O4/c1-15-13-17(30-4)8-9-18(15)21(27)19-20(16-7-5-10-24-14-16)26(23(29)22(19)28)12-6-11-25(2)3/h5,7-10,13-14,20,27H,6,11-12H2,1-4H3/t20-/m1/s1. The van der Waals surface area contributed by atoms with Gasteiger partial charge in [-0.15, -0.1) is 0 Å². The maximum atomic E-state index is 13.0. The van der Waals surface area contributed by atoms with Crippen LogP contribution in [0.2, 0.25) is 0 Å². The van der Waals surface area contributed by atoms with E-state index < -0.39 is 17.7 Å². The van der Waals surface area contributed by atoms with Crippen molar-refractivity contribution in [3.63, 3.8) is 0 Å². The molecule has 0 saturated carbocycles. The fourth-order valence-corrected chi connectivity index (χ4v) is 3.73. The van der Waals surface area contributed by atoms with E-state index in [2.05, 4.69) is 4.98 Å². The van der Waals surface area contributed by atoms with Crippen LogP contribution in [0, 0.1) is 6.92 Å². The fraction of sp³-hybridized carbons (Fsp3) is 0.348. The molecule has 158 valence electrons. The summed E-state index contributed by atoms with van der Waals surface area (Å²) in [6.07, 6.45) is 3.97. The Bertz CT molecular complexity index is 970. The largest absolute Gasteiger partial charge is 0.507 e. The highest BCUT2D eigenvalue weighted by Gasteiger charge is 2.46. The molecule has 2 heterocycles. The van der Waals surface area contributed by atoms with E-state index in [1.165, 1.54) is 4.90 Å². The Morgan fingerprint density at radius 3 is 2.63 bits per heavy atom. The smallest absolute Gasteiger partial charge is 0.295 e. The maximum Gasteiger partial charge on any atom is 0.295 e. The Labute approximate surface area is 176 Å². The van der Waals surface area contributed by atoms with E-state index in [1.807, 2.05) is 32.0 Å². The third-order valence-corrected chi connectivity index (χ3v) is 5.23. The van der Waals surface area contributed by atoms with Gasteiger partial charge in [-0.2, -0.15) is 0 Å². The van der Waals surface area contributed by atoms with Crippen LogP contribution in [0.15, 0.2) is 48.3 Å². The number of hydrogen-bond acceptors (Lipinski definition) is 6. The maximum absolute atomic E-state index is 13.0. The first kappa shape index (κ1) is 21.5. The number of benzene rings is 1. The number of rotatable bonds is 7. The first-order valence-corrected chi connectivity index (χ1v) is 9.83. The zero-order valence-corrected chi connectivity index (χ0v) is 17.8. The van der Waals surface area contributed by atoms with E-state index in [-0.39, 0.29) is 11.3 Å². The summed E-state index contributed by atoms with van der Waals surface area (Å²) in [5, 5.41) is 11.1. The van der Waals surface area contributed by atoms with Crippen molar-refractivity contribution in [2.75, 3.05) is 34.3 Å². The highest BCUT2D eigenvalue weighted by Crippen LogP contribution is 2.39. The number of carbonyl (C=O) groups excluding carboxylic acids is 2. The molecule has 1 fully saturated rings. The van der Waals surface area contributed by atoms with Crippen LogP contribution in [0.1, 0.15) is 29.2 Å². The number of aliphatic hydroxyl groups excluding tert-OH is 1. The Morgan fingerprint density at radius 2 is 2.03 bits per heavy atom. The minimum atomic E-state index is -0.679. The van der Waals surface area contributed by atoms with Crippen LogP contribution >= 0.6 is 0 Å². The predicted molar refractivity (Wildman–Crippen MR) is 114 cm³/mol. The second-order valence-corrected chi connectivity index (χ2v) is 7.62. The van der Waals surface area contributed by atoms with E-state index in [1.54, 1.807) is 43.8 Å². The van der Waals surface area contributed by atoms with Gasteiger partial charge in [0.15, 0.2) is 0 Å². The second-order valence-electron chi connectivity index (χ2n) is 7.62. The molecule has 1 saturated heterocycles. The van der Waals surface area contributed by atoms with Gasteiger partial charge in [0.1, 0.15) is 11.5 Å². The average molecular weight is 409 g/mol. The van der Waals surface area contributed by atoms with Crippen LogP contribution in [0.25, 0.3) is 5.76 Å². The number of carbonyl (C=O) groups is 2. The monoisotopic (exact) mass is 409 g/mol. The lowest BCUT2D eigenvalue weighted by molar-refractivity contribution is -0.139. The zero-order chi connectivity index (χ0) is 21.8. The molecule has 1 aliphatic rings. The number of ether oxygens (including phenoxy) is 1. The number of ketones is 1. The molecule has 0 spiro atoms. The van der Waals surface area contributed by atoms with Crippen molar-refractivity contribution in [3.05, 3.63) is 65.0 Å². The average Bonchev–Trinajstić information content (AvgIpc) is 2.98. The predicted octanol–water partition coefficient (Wildman–Crippen LogP) is 2.77. The van der Waals surface area contributed by atoms with E-state index in [4.69, 9.17) is 4.74 Å². The van der Waals surface area contributed by atoms with Gasteiger partial charge in [0.25, 0.3) is 11.7 Å². The molecule has 1 amide bonds. The Kier molecular flexibility index (Phi) is 6.52. The zero-order valence-electron chi connectivity index (χ0n) is 17.8. The van der Waals surface area contributed by atoms with Crippen molar-refractivity contribution in [3.8, 4) is 5.75 Å². The number of methoxy groups -OCH3 is 1. The quantitative estimate of drug-likeness (QED) is 0.430. The first-order valence-electron chi connectivity index (χ1n) is 9.83. The van der Waals surface area contributed by atoms with Gasteiger partial charge < -0.3 is 19.6 Å². The van der Waals surface area contributed by atoms with Gasteiger partial charge in [0.2, 0.25) is 0 Å². The van der Waals surface area contributed by atoms with Crippen LogP contribution in [-0.2, 0) is 9.59 Å². The molecular weight excluding hydrogens is 382 g/mol. The van der Waals surface area contributed by atoms with E-state index in [0.717, 1.165) is 12.1 Å². The summed E-state index contributed by atoms with van der Waals surface area (Å²) in [7, 11) is 5.48. The molecule has 3 rings (SSSR count). The molecule has 0 aliphatic carbocycles. The lowest BCUT2D eigenvalue weighted by atomic mass is 9.94. The Morgan fingerprint density at radius 1 is 1.27 bits per heavy atom. The van der Waals surface area contributed by atoms with Gasteiger partial charge in [0, 0.05) is 24.5 Å². The number of aromatic nitrogens is 1. The van der Waals surface area contributed by atoms with Gasteiger partial charge in [-0.1, -0.05) is 6.07 Å². The lowest BCUT2D eigenvalue weighted by Crippen LogP contribution is -2.32. The van der Waals surface area contributed by atoms with Crippen molar-refractivity contribution >= 4 is 17.4 Å². The number of pyridine rings is 1. The minimum absolute atomic E-state index is 0.0890. The topological polar surface area (TPSA) is 83.0 Å². The number of likely N-dealkylation sites (tertiary alicyclic amines) is 1. The summed E-state index contributed by atoms with van der Waals surface area (Å²) in [5.74, 6) is -0.814. The van der Waals surface area contributed by atoms with Crippen molar-refractivity contribution in [1.29, 1.82) is 0 Å². The van der Waals surface area contributed by atoms with Crippen molar-refractivity contribution in [2.24, 2.45) is 0 Å². The van der Waals surface area contributed by atoms with Crippen LogP contribution in [0.5, 0.6) is 5.75 Å². The van der Waals surface area contributed by atoms with Gasteiger partial charge in [-0.25, -0.2) is 0 Å². The Balaban J connectivity index is 2.09. The summed E-state index contributed by atoms with van der Waals surface area (Å²) >= 11 is 0. The van der Waals surface area contributed by atoms with E-state index >= 15 is 0 Å². The summed E-state index contributed by atoms with van der Waals surface area (Å²) in [5.41, 5.74) is 2.02. The number of aryl methyl sites for hydroxylation is 1. The summed E-state index contributed by atoms with van der Waals surface area (Å²) < 4.78 is 5.23. The molecule has 0 bridgehead atoms. The third kappa shape index (κ3) is 4.21. The van der Waals surface area contributed by atoms with Gasteiger partial charge in [-0.05, 0) is 69.4 Å². The van der Waals surface area contributed by atoms with Crippen molar-refractivity contribution < 1.29 is 19.4 Å². The van der Waals surface area contributed by atoms with Crippen LogP contribution < -0.4 is 4.74 Å². The third-order valence-electron chi connectivity index (χ3n) is 5.23. The number of Topliss-reactive ketones (excluding diaryl/α,β-unsaturated/α-hetero) is 1. The van der Waals surface area contributed by atoms with Crippen molar-refractivity contribution in [2.45, 2.75) is 19.4 Å². The molecule has 0 radical (unpaired) electrons. The molecule has 1 N–H and O–H groups in total. The van der Waals surface area contributed by atoms with E-state index in [9.17, 15) is 14.7 Å². The van der Waals surface area contributed by atoms with E-state index in [0.29, 0.717) is 29.8 Å². The molecular formula is C23H27N3O4. The molecule has 1 aromatic carbocycles. The minimum Gasteiger partial charge on any atom is -0.507 e. The molecule has 7 nitrogen and oxygen atoms in total. The number of aliphatic hydroxyl groups is 1. The summed E-state index contributed by atoms with van der Waals surface area (Å²) in [4.78, 5) is 33.6. The van der Waals surface area contributed by atoms with Gasteiger partial charge in [-0.3, -0.25) is 14.6 Å². The molecule has 2 aromatic rings. The highest BCUT2D eigenvalue weighted by atomic mass is 16.5. The van der Waals surface area contributed by atoms with Crippen LogP contribution in [0.3, 0.4) is 0 Å². The molecule has 1 atom stereocenters. The molecule has 7 heteroatoms. The molecule has 1 aliphatic heterocycles. The second kappa shape index (κ2) is 9.09. The lowest BCUT2D eigenvalue weighted by Gasteiger charge is -2.25. The molecule has 1 aromatic heterocycles. The first-order chi connectivity index (χ1) is 14.3. The van der Waals surface area contributed by atoms with Gasteiger partial charge >= 0.3 is 0 Å². The molecule has 30 heavy (non-hydrogen) atoms. The number of hydrogen-bond donors (Lipinski definition) is 1. The Hall–Kier alpha value is -3.19. The summed E-state index contributed by atoms with van der Waals surface area (Å²) in [6.45, 7) is 3.00. The van der Waals surface area contributed by atoms with Crippen molar-refractivity contribution in [1.82, 2.24) is 14.8 Å². The van der Waals surface area contributed by atoms with Gasteiger partial charge in [0.05, 0.1) is 18.7 Å². The number of amides is 1. The SMILES string of the molecule is COc1ccc(C(O)=C2C(=O)C(=O)N(CCCN(C)C)[C@@H]2c2cccnc2)c(C)c1. The fourth-order valence-electron chi connectivity index (χ4n) is 3.73. The summed E-state index contributed by atoms with van der Waals surface area (Å²) in [6, 6.07) is 8.09. The molecule has 0 unspecified atom stereocenters. The van der Waals surface area contributed by atoms with Crippen LogP contribution in [-0.4, -0.2) is 65.9 Å². The van der Waals surface area contributed by atoms with Crippen LogP contribution in [0.4, 0.5) is 0 Å².